The fraction of sp³-hybridized carbons (Fsp3) is 0.267. The smallest absolute Gasteiger partial charge is 0.224 e. The summed E-state index contributed by atoms with van der Waals surface area (Å²) in [5.74, 6) is 0.892. The lowest BCUT2D eigenvalue weighted by Crippen LogP contribution is -2.10. The van der Waals surface area contributed by atoms with E-state index < -0.39 is 0 Å². The second-order valence-electron chi connectivity index (χ2n) is 4.36. The van der Waals surface area contributed by atoms with Crippen molar-refractivity contribution in [2.24, 2.45) is 0 Å². The molecule has 1 aromatic carbocycles. The molecule has 1 heterocycles. The van der Waals surface area contributed by atoms with E-state index in [1.54, 1.807) is 6.26 Å². The maximum atomic E-state index is 11.4. The lowest BCUT2D eigenvalue weighted by Gasteiger charge is -2.11. The number of benzene rings is 1. The lowest BCUT2D eigenvalue weighted by atomic mass is 10.1. The summed E-state index contributed by atoms with van der Waals surface area (Å²) in [6, 6.07) is 9.61. The molecule has 0 bridgehead atoms. The Balaban J connectivity index is 2.06. The van der Waals surface area contributed by atoms with Crippen LogP contribution in [0, 0.1) is 6.92 Å². The van der Waals surface area contributed by atoms with E-state index in [1.165, 1.54) is 0 Å². The summed E-state index contributed by atoms with van der Waals surface area (Å²) in [4.78, 5) is 11.4. The third kappa shape index (κ3) is 3.61. The summed E-state index contributed by atoms with van der Waals surface area (Å²) < 4.78 is 5.28. The predicted molar refractivity (Wildman–Crippen MR) is 76.1 cm³/mol. The van der Waals surface area contributed by atoms with E-state index in [9.17, 15) is 4.79 Å². The Morgan fingerprint density at radius 3 is 2.84 bits per heavy atom. The monoisotopic (exact) mass is 258 g/mol. The molecule has 0 saturated carbocycles. The number of nitrogens with one attached hydrogen (secondary N) is 2. The van der Waals surface area contributed by atoms with Crippen LogP contribution in [-0.2, 0) is 11.3 Å². The van der Waals surface area contributed by atoms with E-state index in [0.29, 0.717) is 13.0 Å². The highest BCUT2D eigenvalue weighted by Gasteiger charge is 2.04. The molecule has 2 N–H and O–H groups in total. The molecule has 0 atom stereocenters. The van der Waals surface area contributed by atoms with Gasteiger partial charge in [0, 0.05) is 17.8 Å². The van der Waals surface area contributed by atoms with Crippen LogP contribution < -0.4 is 10.6 Å². The number of hydrogen-bond acceptors (Lipinski definition) is 3. The van der Waals surface area contributed by atoms with Gasteiger partial charge in [-0.15, -0.1) is 0 Å². The summed E-state index contributed by atoms with van der Waals surface area (Å²) >= 11 is 0. The highest BCUT2D eigenvalue weighted by molar-refractivity contribution is 5.91. The molecule has 2 aromatic rings. The lowest BCUT2D eigenvalue weighted by molar-refractivity contribution is -0.115. The zero-order valence-corrected chi connectivity index (χ0v) is 11.2. The van der Waals surface area contributed by atoms with Crippen molar-refractivity contribution in [2.75, 3.05) is 10.6 Å². The number of aryl methyl sites for hydroxylation is 1. The van der Waals surface area contributed by atoms with Crippen LogP contribution in [0.25, 0.3) is 0 Å². The third-order valence-corrected chi connectivity index (χ3v) is 2.88. The predicted octanol–water partition coefficient (Wildman–Crippen LogP) is 3.55. The molecule has 0 aliphatic heterocycles. The normalized spacial score (nSPS) is 10.2. The maximum absolute atomic E-state index is 11.4. The fourth-order valence-electron chi connectivity index (χ4n) is 1.74. The van der Waals surface area contributed by atoms with Crippen molar-refractivity contribution < 1.29 is 9.21 Å². The largest absolute Gasteiger partial charge is 0.467 e. The Morgan fingerprint density at radius 1 is 1.32 bits per heavy atom. The minimum atomic E-state index is 0.0147. The van der Waals surface area contributed by atoms with Gasteiger partial charge in [-0.2, -0.15) is 0 Å². The van der Waals surface area contributed by atoms with Crippen LogP contribution in [0.1, 0.15) is 24.7 Å². The summed E-state index contributed by atoms with van der Waals surface area (Å²) in [7, 11) is 0. The Kier molecular flexibility index (Phi) is 4.23. The molecule has 4 heteroatoms. The first kappa shape index (κ1) is 13.2. The SMILES string of the molecule is CCC(=O)Nc1ccc(C)c(NCc2ccco2)c1. The standard InChI is InChI=1S/C15H18N2O2/c1-3-15(18)17-12-7-6-11(2)14(9-12)16-10-13-5-4-8-19-13/h4-9,16H,3,10H2,1-2H3,(H,17,18). The molecule has 1 aromatic heterocycles. The number of anilines is 2. The van der Waals surface area contributed by atoms with Crippen LogP contribution in [0.4, 0.5) is 11.4 Å². The molecule has 0 unspecified atom stereocenters. The summed E-state index contributed by atoms with van der Waals surface area (Å²) in [6.07, 6.45) is 2.13. The third-order valence-electron chi connectivity index (χ3n) is 2.88. The van der Waals surface area contributed by atoms with Gasteiger partial charge >= 0.3 is 0 Å². The molecular weight excluding hydrogens is 240 g/mol. The van der Waals surface area contributed by atoms with Gasteiger partial charge in [-0.05, 0) is 36.8 Å². The Labute approximate surface area is 112 Å². The van der Waals surface area contributed by atoms with Gasteiger partial charge in [0.1, 0.15) is 5.76 Å². The molecule has 1 amide bonds. The maximum Gasteiger partial charge on any atom is 0.224 e. The van der Waals surface area contributed by atoms with Gasteiger partial charge in [0.2, 0.25) is 5.91 Å². The van der Waals surface area contributed by atoms with Crippen LogP contribution in [0.3, 0.4) is 0 Å². The average Bonchev–Trinajstić information content (AvgIpc) is 2.92. The van der Waals surface area contributed by atoms with Crippen molar-refractivity contribution in [1.29, 1.82) is 0 Å². The molecule has 19 heavy (non-hydrogen) atoms. The van der Waals surface area contributed by atoms with Crippen LogP contribution >= 0.6 is 0 Å². The first-order chi connectivity index (χ1) is 9.19. The number of furan rings is 1. The minimum absolute atomic E-state index is 0.0147. The molecule has 0 spiro atoms. The van der Waals surface area contributed by atoms with Crippen molar-refractivity contribution in [3.63, 3.8) is 0 Å². The molecule has 4 nitrogen and oxygen atoms in total. The summed E-state index contributed by atoms with van der Waals surface area (Å²) in [5, 5.41) is 6.15. The van der Waals surface area contributed by atoms with Crippen LogP contribution in [-0.4, -0.2) is 5.91 Å². The Morgan fingerprint density at radius 2 is 2.16 bits per heavy atom. The summed E-state index contributed by atoms with van der Waals surface area (Å²) in [6.45, 7) is 4.48. The van der Waals surface area contributed by atoms with E-state index in [1.807, 2.05) is 44.2 Å². The number of rotatable bonds is 5. The Hall–Kier alpha value is -2.23. The van der Waals surface area contributed by atoms with Crippen LogP contribution in [0.5, 0.6) is 0 Å². The quantitative estimate of drug-likeness (QED) is 0.862. The van der Waals surface area contributed by atoms with Gasteiger partial charge in [-0.25, -0.2) is 0 Å². The van der Waals surface area contributed by atoms with E-state index in [2.05, 4.69) is 10.6 Å². The number of carbonyl (C=O) groups excluding carboxylic acids is 1. The molecular formula is C15H18N2O2. The van der Waals surface area contributed by atoms with E-state index in [0.717, 1.165) is 22.7 Å². The highest BCUT2D eigenvalue weighted by Crippen LogP contribution is 2.21. The van der Waals surface area contributed by atoms with E-state index in [4.69, 9.17) is 4.42 Å². The number of hydrogen-bond donors (Lipinski definition) is 2. The molecule has 2 rings (SSSR count). The van der Waals surface area contributed by atoms with Crippen LogP contribution in [0.15, 0.2) is 41.0 Å². The summed E-state index contributed by atoms with van der Waals surface area (Å²) in [5.41, 5.74) is 2.92. The van der Waals surface area contributed by atoms with Gasteiger partial charge in [-0.1, -0.05) is 13.0 Å². The zero-order chi connectivity index (χ0) is 13.7. The second-order valence-corrected chi connectivity index (χ2v) is 4.36. The van der Waals surface area contributed by atoms with E-state index >= 15 is 0 Å². The topological polar surface area (TPSA) is 54.3 Å². The molecule has 0 saturated heterocycles. The number of amides is 1. The first-order valence-corrected chi connectivity index (χ1v) is 6.36. The van der Waals surface area contributed by atoms with Gasteiger partial charge in [0.15, 0.2) is 0 Å². The van der Waals surface area contributed by atoms with Crippen molar-refractivity contribution in [3.8, 4) is 0 Å². The first-order valence-electron chi connectivity index (χ1n) is 6.36. The zero-order valence-electron chi connectivity index (χ0n) is 11.2. The van der Waals surface area contributed by atoms with Crippen molar-refractivity contribution >= 4 is 17.3 Å². The van der Waals surface area contributed by atoms with Crippen molar-refractivity contribution in [2.45, 2.75) is 26.8 Å². The van der Waals surface area contributed by atoms with Gasteiger partial charge in [-0.3, -0.25) is 4.79 Å². The molecule has 0 fully saturated rings. The second kappa shape index (κ2) is 6.09. The highest BCUT2D eigenvalue weighted by atomic mass is 16.3. The van der Waals surface area contributed by atoms with Gasteiger partial charge in [0.05, 0.1) is 12.8 Å². The fourth-order valence-corrected chi connectivity index (χ4v) is 1.74. The Bertz CT molecular complexity index is 547. The van der Waals surface area contributed by atoms with Crippen molar-refractivity contribution in [1.82, 2.24) is 0 Å². The van der Waals surface area contributed by atoms with E-state index in [-0.39, 0.29) is 5.91 Å². The average molecular weight is 258 g/mol. The van der Waals surface area contributed by atoms with Crippen LogP contribution in [0.2, 0.25) is 0 Å². The van der Waals surface area contributed by atoms with Gasteiger partial charge in [0.25, 0.3) is 0 Å². The molecule has 100 valence electrons. The van der Waals surface area contributed by atoms with Crippen molar-refractivity contribution in [3.05, 3.63) is 47.9 Å². The molecule has 0 aliphatic carbocycles. The molecule has 0 radical (unpaired) electrons. The number of carbonyl (C=O) groups is 1. The van der Waals surface area contributed by atoms with Gasteiger partial charge < -0.3 is 15.1 Å². The minimum Gasteiger partial charge on any atom is -0.467 e. The molecule has 0 aliphatic rings.